The van der Waals surface area contributed by atoms with E-state index >= 15 is 0 Å². The molecule has 0 bridgehead atoms. The number of nitrogens with zero attached hydrogens (tertiary/aromatic N) is 4. The summed E-state index contributed by atoms with van der Waals surface area (Å²) in [4.78, 5) is 34.0. The molecule has 0 N–H and O–H groups in total. The predicted molar refractivity (Wildman–Crippen MR) is 101 cm³/mol. The molecule has 1 spiro atoms. The number of ether oxygens (including phenoxy) is 1. The zero-order valence-corrected chi connectivity index (χ0v) is 16.4. The molecule has 1 saturated heterocycles. The molecule has 2 fully saturated rings. The third-order valence-corrected chi connectivity index (χ3v) is 5.29. The molecule has 0 aromatic carbocycles. The van der Waals surface area contributed by atoms with Crippen molar-refractivity contribution in [3.05, 3.63) is 35.8 Å². The first kappa shape index (κ1) is 17.8. The Morgan fingerprint density at radius 3 is 2.59 bits per heavy atom. The molecule has 3 heterocycles. The van der Waals surface area contributed by atoms with Gasteiger partial charge in [-0.25, -0.2) is 9.78 Å². The monoisotopic (exact) mass is 370 g/mol. The molecule has 27 heavy (non-hydrogen) atoms. The number of carbonyl (C=O) groups is 2. The first-order valence-electron chi connectivity index (χ1n) is 9.44. The van der Waals surface area contributed by atoms with Crippen LogP contribution in [-0.2, 0) is 4.74 Å². The zero-order chi connectivity index (χ0) is 19.4. The first-order chi connectivity index (χ1) is 12.7. The van der Waals surface area contributed by atoms with Crippen molar-refractivity contribution in [1.29, 1.82) is 0 Å². The number of hydrogen-bond acceptors (Lipinski definition) is 4. The van der Waals surface area contributed by atoms with Crippen LogP contribution in [0.3, 0.4) is 0 Å². The minimum absolute atomic E-state index is 0.0266. The highest BCUT2D eigenvalue weighted by Gasteiger charge is 2.55. The lowest BCUT2D eigenvalue weighted by atomic mass is 10.1. The van der Waals surface area contributed by atoms with Crippen LogP contribution in [0.5, 0.6) is 0 Å². The number of imidazole rings is 1. The maximum Gasteiger partial charge on any atom is 0.410 e. The second-order valence-electron chi connectivity index (χ2n) is 8.56. The van der Waals surface area contributed by atoms with Gasteiger partial charge in [0.1, 0.15) is 16.9 Å². The normalized spacial score (nSPS) is 18.8. The summed E-state index contributed by atoms with van der Waals surface area (Å²) in [6.07, 6.45) is 3.40. The summed E-state index contributed by atoms with van der Waals surface area (Å²) in [5, 5.41) is 0. The molecule has 2 aliphatic rings. The maximum absolute atomic E-state index is 13.2. The van der Waals surface area contributed by atoms with Gasteiger partial charge in [0.2, 0.25) is 0 Å². The van der Waals surface area contributed by atoms with Gasteiger partial charge in [-0.05, 0) is 52.7 Å². The van der Waals surface area contributed by atoms with E-state index in [9.17, 15) is 9.59 Å². The number of amides is 2. The van der Waals surface area contributed by atoms with Gasteiger partial charge in [-0.15, -0.1) is 0 Å². The van der Waals surface area contributed by atoms with Gasteiger partial charge in [0.05, 0.1) is 11.2 Å². The molecule has 0 atom stereocenters. The number of piperazine rings is 1. The molecule has 7 heteroatoms. The SMILES string of the molecule is Cc1nc2ccccn2c1C(=O)N1CCN(C(=O)OC(C)(C)C)C2(CC2)C1. The van der Waals surface area contributed by atoms with Crippen molar-refractivity contribution in [2.45, 2.75) is 51.7 Å². The highest BCUT2D eigenvalue weighted by atomic mass is 16.6. The molecule has 2 aromatic rings. The second-order valence-corrected chi connectivity index (χ2v) is 8.56. The van der Waals surface area contributed by atoms with Crippen molar-refractivity contribution in [2.24, 2.45) is 0 Å². The Labute approximate surface area is 158 Å². The lowest BCUT2D eigenvalue weighted by Crippen LogP contribution is -2.59. The molecule has 0 unspecified atom stereocenters. The summed E-state index contributed by atoms with van der Waals surface area (Å²) in [6.45, 7) is 9.03. The van der Waals surface area contributed by atoms with E-state index in [1.807, 2.05) is 66.3 Å². The van der Waals surface area contributed by atoms with Gasteiger partial charge in [0.15, 0.2) is 0 Å². The van der Waals surface area contributed by atoms with E-state index in [1.54, 1.807) is 0 Å². The van der Waals surface area contributed by atoms with Crippen LogP contribution in [0.2, 0.25) is 0 Å². The van der Waals surface area contributed by atoms with E-state index in [-0.39, 0.29) is 17.5 Å². The summed E-state index contributed by atoms with van der Waals surface area (Å²) < 4.78 is 7.41. The molecule has 1 saturated carbocycles. The Hall–Kier alpha value is -2.57. The summed E-state index contributed by atoms with van der Waals surface area (Å²) >= 11 is 0. The molecular formula is C20H26N4O3. The van der Waals surface area contributed by atoms with Crippen LogP contribution in [0.15, 0.2) is 24.4 Å². The summed E-state index contributed by atoms with van der Waals surface area (Å²) in [7, 11) is 0. The fourth-order valence-corrected chi connectivity index (χ4v) is 3.85. The largest absolute Gasteiger partial charge is 0.444 e. The summed E-state index contributed by atoms with van der Waals surface area (Å²) in [6, 6.07) is 5.70. The van der Waals surface area contributed by atoms with Gasteiger partial charge < -0.3 is 9.64 Å². The first-order valence-corrected chi connectivity index (χ1v) is 9.44. The van der Waals surface area contributed by atoms with E-state index < -0.39 is 5.60 Å². The van der Waals surface area contributed by atoms with E-state index in [0.717, 1.165) is 24.2 Å². The topological polar surface area (TPSA) is 67.2 Å². The van der Waals surface area contributed by atoms with Crippen LogP contribution < -0.4 is 0 Å². The van der Waals surface area contributed by atoms with Crippen LogP contribution in [-0.4, -0.2) is 62.0 Å². The standard InChI is InChI=1S/C20H26N4O3/c1-14-16(23-10-6-5-7-15(23)21-14)17(25)22-11-12-24(20(13-22)8-9-20)18(26)27-19(2,3)4/h5-7,10H,8-9,11-13H2,1-4H3. The molecule has 0 radical (unpaired) electrons. The smallest absolute Gasteiger partial charge is 0.410 e. The number of rotatable bonds is 1. The minimum Gasteiger partial charge on any atom is -0.444 e. The van der Waals surface area contributed by atoms with Crippen LogP contribution in [0.25, 0.3) is 5.65 Å². The zero-order valence-electron chi connectivity index (χ0n) is 16.4. The number of fused-ring (bicyclic) bond motifs is 1. The van der Waals surface area contributed by atoms with E-state index in [1.165, 1.54) is 0 Å². The highest BCUT2D eigenvalue weighted by molar-refractivity contribution is 5.95. The predicted octanol–water partition coefficient (Wildman–Crippen LogP) is 2.87. The van der Waals surface area contributed by atoms with Crippen LogP contribution in [0, 0.1) is 6.92 Å². The number of hydrogen-bond donors (Lipinski definition) is 0. The second kappa shape index (κ2) is 5.97. The fourth-order valence-electron chi connectivity index (χ4n) is 3.85. The Kier molecular flexibility index (Phi) is 3.94. The number of aryl methyl sites for hydroxylation is 1. The number of aromatic nitrogens is 2. The number of pyridine rings is 1. The molecule has 1 aliphatic carbocycles. The van der Waals surface area contributed by atoms with E-state index in [2.05, 4.69) is 4.98 Å². The van der Waals surface area contributed by atoms with Crippen molar-refractivity contribution >= 4 is 17.6 Å². The van der Waals surface area contributed by atoms with Gasteiger partial charge in [0, 0.05) is 25.8 Å². The van der Waals surface area contributed by atoms with Gasteiger partial charge in [-0.1, -0.05) is 6.07 Å². The molecule has 2 amide bonds. The van der Waals surface area contributed by atoms with Crippen LogP contribution in [0.4, 0.5) is 4.79 Å². The summed E-state index contributed by atoms with van der Waals surface area (Å²) in [5.74, 6) is -0.0266. The van der Waals surface area contributed by atoms with Crippen LogP contribution in [0.1, 0.15) is 49.8 Å². The van der Waals surface area contributed by atoms with Crippen molar-refractivity contribution in [1.82, 2.24) is 19.2 Å². The molecule has 2 aromatic heterocycles. The van der Waals surface area contributed by atoms with Crippen molar-refractivity contribution in [3.63, 3.8) is 0 Å². The maximum atomic E-state index is 13.2. The summed E-state index contributed by atoms with van der Waals surface area (Å²) in [5.41, 5.74) is 1.31. The third-order valence-electron chi connectivity index (χ3n) is 5.29. The minimum atomic E-state index is -0.520. The lowest BCUT2D eigenvalue weighted by Gasteiger charge is -2.42. The van der Waals surface area contributed by atoms with Crippen LogP contribution >= 0.6 is 0 Å². The highest BCUT2D eigenvalue weighted by Crippen LogP contribution is 2.45. The Balaban J connectivity index is 1.55. The van der Waals surface area contributed by atoms with Crippen molar-refractivity contribution in [3.8, 4) is 0 Å². The molecular weight excluding hydrogens is 344 g/mol. The average Bonchev–Trinajstić information content (AvgIpc) is 3.25. The van der Waals surface area contributed by atoms with Crippen molar-refractivity contribution in [2.75, 3.05) is 19.6 Å². The average molecular weight is 370 g/mol. The molecule has 4 rings (SSSR count). The van der Waals surface area contributed by atoms with Gasteiger partial charge in [0.25, 0.3) is 5.91 Å². The Bertz CT molecular complexity index is 908. The quantitative estimate of drug-likeness (QED) is 0.774. The molecule has 144 valence electrons. The van der Waals surface area contributed by atoms with Gasteiger partial charge in [-0.3, -0.25) is 14.1 Å². The van der Waals surface area contributed by atoms with E-state index in [4.69, 9.17) is 4.74 Å². The van der Waals surface area contributed by atoms with Gasteiger partial charge in [-0.2, -0.15) is 0 Å². The number of carbonyl (C=O) groups excluding carboxylic acids is 2. The molecule has 7 nitrogen and oxygen atoms in total. The third kappa shape index (κ3) is 3.15. The molecule has 1 aliphatic heterocycles. The Morgan fingerprint density at radius 1 is 1.19 bits per heavy atom. The Morgan fingerprint density at radius 2 is 1.93 bits per heavy atom. The lowest BCUT2D eigenvalue weighted by molar-refractivity contribution is -0.00585. The fraction of sp³-hybridized carbons (Fsp3) is 0.550. The van der Waals surface area contributed by atoms with E-state index in [0.29, 0.717) is 25.3 Å². The van der Waals surface area contributed by atoms with Gasteiger partial charge >= 0.3 is 6.09 Å². The van der Waals surface area contributed by atoms with Crippen molar-refractivity contribution < 1.29 is 14.3 Å².